The second-order valence-corrected chi connectivity index (χ2v) is 8.49. The van der Waals surface area contributed by atoms with Gasteiger partial charge in [-0.1, -0.05) is 20.8 Å². The van der Waals surface area contributed by atoms with Crippen LogP contribution in [0.5, 0.6) is 0 Å². The standard InChI is InChI=1S/C17H33NOS/c1-14(2)13-18-8-4-15(3)16-5-9-19-17(12-16)6-10-20-11-7-17/h14-16,18H,4-13H2,1-3H3. The quantitative estimate of drug-likeness (QED) is 0.750. The van der Waals surface area contributed by atoms with Crippen molar-refractivity contribution in [2.45, 2.75) is 58.5 Å². The molecule has 0 aromatic carbocycles. The van der Waals surface area contributed by atoms with E-state index in [4.69, 9.17) is 4.74 Å². The number of hydrogen-bond donors (Lipinski definition) is 1. The largest absolute Gasteiger partial charge is 0.375 e. The first kappa shape index (κ1) is 16.6. The maximum atomic E-state index is 6.21. The molecule has 1 N–H and O–H groups in total. The minimum absolute atomic E-state index is 0.258. The summed E-state index contributed by atoms with van der Waals surface area (Å²) >= 11 is 2.10. The van der Waals surface area contributed by atoms with E-state index >= 15 is 0 Å². The average Bonchev–Trinajstić information content (AvgIpc) is 2.44. The van der Waals surface area contributed by atoms with Gasteiger partial charge in [-0.05, 0) is 74.5 Å². The van der Waals surface area contributed by atoms with Crippen molar-refractivity contribution in [2.24, 2.45) is 17.8 Å². The van der Waals surface area contributed by atoms with Gasteiger partial charge in [-0.25, -0.2) is 0 Å². The molecular weight excluding hydrogens is 266 g/mol. The van der Waals surface area contributed by atoms with Gasteiger partial charge in [0.1, 0.15) is 0 Å². The number of rotatable bonds is 6. The van der Waals surface area contributed by atoms with Gasteiger partial charge < -0.3 is 10.1 Å². The van der Waals surface area contributed by atoms with Gasteiger partial charge in [-0.15, -0.1) is 0 Å². The van der Waals surface area contributed by atoms with E-state index in [-0.39, 0.29) is 5.60 Å². The summed E-state index contributed by atoms with van der Waals surface area (Å²) in [5, 5.41) is 3.59. The van der Waals surface area contributed by atoms with E-state index in [1.807, 2.05) is 0 Å². The lowest BCUT2D eigenvalue weighted by atomic mass is 9.75. The summed E-state index contributed by atoms with van der Waals surface area (Å²) in [4.78, 5) is 0. The van der Waals surface area contributed by atoms with Gasteiger partial charge >= 0.3 is 0 Å². The zero-order chi connectivity index (χ0) is 14.4. The summed E-state index contributed by atoms with van der Waals surface area (Å²) in [6.45, 7) is 10.3. The maximum absolute atomic E-state index is 6.21. The topological polar surface area (TPSA) is 21.3 Å². The predicted molar refractivity (Wildman–Crippen MR) is 89.5 cm³/mol. The number of hydrogen-bond acceptors (Lipinski definition) is 3. The summed E-state index contributed by atoms with van der Waals surface area (Å²) < 4.78 is 6.21. The fourth-order valence-electron chi connectivity index (χ4n) is 3.60. The van der Waals surface area contributed by atoms with E-state index in [9.17, 15) is 0 Å². The number of ether oxygens (including phenoxy) is 1. The molecule has 2 saturated heterocycles. The van der Waals surface area contributed by atoms with Gasteiger partial charge in [-0.2, -0.15) is 11.8 Å². The van der Waals surface area contributed by atoms with Crippen molar-refractivity contribution in [2.75, 3.05) is 31.2 Å². The zero-order valence-corrected chi connectivity index (χ0v) is 14.4. The van der Waals surface area contributed by atoms with Crippen molar-refractivity contribution < 1.29 is 4.74 Å². The molecule has 0 radical (unpaired) electrons. The minimum Gasteiger partial charge on any atom is -0.375 e. The van der Waals surface area contributed by atoms with Crippen LogP contribution in [0.15, 0.2) is 0 Å². The van der Waals surface area contributed by atoms with Crippen molar-refractivity contribution in [3.63, 3.8) is 0 Å². The van der Waals surface area contributed by atoms with Gasteiger partial charge in [0.05, 0.1) is 5.60 Å². The Bertz CT molecular complexity index is 271. The van der Waals surface area contributed by atoms with Crippen LogP contribution in [-0.4, -0.2) is 36.8 Å². The van der Waals surface area contributed by atoms with E-state index < -0.39 is 0 Å². The van der Waals surface area contributed by atoms with Crippen molar-refractivity contribution in [3.05, 3.63) is 0 Å². The molecule has 118 valence electrons. The molecule has 0 amide bonds. The van der Waals surface area contributed by atoms with Crippen molar-refractivity contribution >= 4 is 11.8 Å². The molecule has 0 aromatic rings. The van der Waals surface area contributed by atoms with Crippen molar-refractivity contribution in [1.82, 2.24) is 5.32 Å². The SMILES string of the molecule is CC(C)CNCCC(C)C1CCOC2(CCSCC2)C1. The molecule has 0 aliphatic carbocycles. The van der Waals surface area contributed by atoms with Gasteiger partial charge in [0.15, 0.2) is 0 Å². The first-order chi connectivity index (χ1) is 9.61. The molecule has 2 nitrogen and oxygen atoms in total. The molecule has 0 aromatic heterocycles. The summed E-state index contributed by atoms with van der Waals surface area (Å²) in [7, 11) is 0. The van der Waals surface area contributed by atoms with E-state index in [1.54, 1.807) is 0 Å². The predicted octanol–water partition coefficient (Wildman–Crippen LogP) is 3.95. The Balaban J connectivity index is 1.73. The molecule has 0 saturated carbocycles. The van der Waals surface area contributed by atoms with Crippen LogP contribution < -0.4 is 5.32 Å². The van der Waals surface area contributed by atoms with E-state index in [1.165, 1.54) is 50.2 Å². The third kappa shape index (κ3) is 4.92. The van der Waals surface area contributed by atoms with Gasteiger partial charge in [0.25, 0.3) is 0 Å². The molecule has 20 heavy (non-hydrogen) atoms. The molecule has 3 heteroatoms. The third-order valence-electron chi connectivity index (χ3n) is 5.07. The summed E-state index contributed by atoms with van der Waals surface area (Å²) in [6, 6.07) is 0. The highest BCUT2D eigenvalue weighted by Crippen LogP contribution is 2.42. The number of nitrogens with one attached hydrogen (secondary N) is 1. The van der Waals surface area contributed by atoms with Crippen molar-refractivity contribution in [3.8, 4) is 0 Å². The van der Waals surface area contributed by atoms with Crippen LogP contribution in [0.1, 0.15) is 52.9 Å². The fourth-order valence-corrected chi connectivity index (χ4v) is 4.84. The number of thioether (sulfide) groups is 1. The van der Waals surface area contributed by atoms with Crippen molar-refractivity contribution in [1.29, 1.82) is 0 Å². The molecule has 2 unspecified atom stereocenters. The average molecular weight is 300 g/mol. The Morgan fingerprint density at radius 1 is 1.25 bits per heavy atom. The normalized spacial score (nSPS) is 27.9. The van der Waals surface area contributed by atoms with Gasteiger partial charge in [0.2, 0.25) is 0 Å². The Labute approximate surface area is 129 Å². The second kappa shape index (κ2) is 8.05. The monoisotopic (exact) mass is 299 g/mol. The molecular formula is C17H33NOS. The van der Waals surface area contributed by atoms with Crippen LogP contribution in [-0.2, 0) is 4.74 Å². The van der Waals surface area contributed by atoms with E-state index in [0.29, 0.717) is 0 Å². The highest BCUT2D eigenvalue weighted by molar-refractivity contribution is 7.99. The van der Waals surface area contributed by atoms with Crippen LogP contribution in [0.4, 0.5) is 0 Å². The smallest absolute Gasteiger partial charge is 0.0701 e. The Morgan fingerprint density at radius 2 is 2.00 bits per heavy atom. The highest BCUT2D eigenvalue weighted by Gasteiger charge is 2.39. The first-order valence-corrected chi connectivity index (χ1v) is 9.69. The van der Waals surface area contributed by atoms with Gasteiger partial charge in [0, 0.05) is 6.61 Å². The summed E-state index contributed by atoms with van der Waals surface area (Å²) in [6.07, 6.45) is 6.49. The lowest BCUT2D eigenvalue weighted by molar-refractivity contribution is -0.110. The summed E-state index contributed by atoms with van der Waals surface area (Å²) in [5.74, 6) is 5.09. The van der Waals surface area contributed by atoms with E-state index in [0.717, 1.165) is 30.9 Å². The molecule has 0 bridgehead atoms. The molecule has 2 heterocycles. The molecule has 2 rings (SSSR count). The Morgan fingerprint density at radius 3 is 2.70 bits per heavy atom. The highest BCUT2D eigenvalue weighted by atomic mass is 32.2. The Hall–Kier alpha value is 0.270. The lowest BCUT2D eigenvalue weighted by Gasteiger charge is -2.45. The van der Waals surface area contributed by atoms with Crippen LogP contribution in [0, 0.1) is 17.8 Å². The second-order valence-electron chi connectivity index (χ2n) is 7.26. The molecule has 2 aliphatic rings. The molecule has 2 aliphatic heterocycles. The molecule has 2 fully saturated rings. The first-order valence-electron chi connectivity index (χ1n) is 8.54. The van der Waals surface area contributed by atoms with Crippen LogP contribution >= 0.6 is 11.8 Å². The van der Waals surface area contributed by atoms with E-state index in [2.05, 4.69) is 37.8 Å². The zero-order valence-electron chi connectivity index (χ0n) is 13.6. The van der Waals surface area contributed by atoms with Crippen LogP contribution in [0.3, 0.4) is 0 Å². The lowest BCUT2D eigenvalue weighted by Crippen LogP contribution is -2.44. The Kier molecular flexibility index (Phi) is 6.70. The fraction of sp³-hybridized carbons (Fsp3) is 1.00. The van der Waals surface area contributed by atoms with Crippen LogP contribution in [0.2, 0.25) is 0 Å². The summed E-state index contributed by atoms with van der Waals surface area (Å²) in [5.41, 5.74) is 0.258. The molecule has 1 spiro atoms. The third-order valence-corrected chi connectivity index (χ3v) is 6.05. The minimum atomic E-state index is 0.258. The van der Waals surface area contributed by atoms with Gasteiger partial charge in [-0.3, -0.25) is 0 Å². The van der Waals surface area contributed by atoms with Crippen LogP contribution in [0.25, 0.3) is 0 Å². The maximum Gasteiger partial charge on any atom is 0.0701 e. The molecule has 2 atom stereocenters.